The van der Waals surface area contributed by atoms with Crippen LogP contribution in [0, 0.1) is 28.6 Å². The van der Waals surface area contributed by atoms with Crippen LogP contribution in [0.5, 0.6) is 0 Å². The first-order chi connectivity index (χ1) is 15.7. The Balaban J connectivity index is 1.29. The lowest BCUT2D eigenvalue weighted by molar-refractivity contribution is -0.0216. The van der Waals surface area contributed by atoms with E-state index in [0.29, 0.717) is 17.8 Å². The molecule has 1 aromatic carbocycles. The fourth-order valence-corrected chi connectivity index (χ4v) is 8.68. The molecule has 0 spiro atoms. The van der Waals surface area contributed by atoms with Crippen LogP contribution in [0.25, 0.3) is 16.7 Å². The smallest absolute Gasteiger partial charge is 0.264 e. The van der Waals surface area contributed by atoms with Crippen molar-refractivity contribution in [3.8, 4) is 0 Å². The molecule has 0 radical (unpaired) electrons. The predicted octanol–water partition coefficient (Wildman–Crippen LogP) is 5.79. The van der Waals surface area contributed by atoms with Crippen LogP contribution in [-0.4, -0.2) is 30.3 Å². The van der Waals surface area contributed by atoms with Crippen LogP contribution in [-0.2, 0) is 14.3 Å². The molecule has 2 fully saturated rings. The number of hydrogen-bond acceptors (Lipinski definition) is 4. The Morgan fingerprint density at radius 3 is 2.64 bits per heavy atom. The molecule has 4 aliphatic carbocycles. The molecule has 1 aromatic heterocycles. The Labute approximate surface area is 197 Å². The van der Waals surface area contributed by atoms with E-state index in [1.165, 1.54) is 35.9 Å². The third-order valence-electron chi connectivity index (χ3n) is 9.62. The fraction of sp³-hybridized carbons (Fsp3) is 0.593. The van der Waals surface area contributed by atoms with E-state index in [0.717, 1.165) is 37.6 Å². The summed E-state index contributed by atoms with van der Waals surface area (Å²) in [7, 11) is -3.41. The highest BCUT2D eigenvalue weighted by atomic mass is 32.2. The Kier molecular flexibility index (Phi) is 4.77. The Morgan fingerprint density at radius 1 is 1.03 bits per heavy atom. The van der Waals surface area contributed by atoms with Gasteiger partial charge >= 0.3 is 0 Å². The van der Waals surface area contributed by atoms with Crippen molar-refractivity contribution >= 4 is 26.8 Å². The minimum atomic E-state index is -3.41. The first kappa shape index (κ1) is 21.6. The van der Waals surface area contributed by atoms with Gasteiger partial charge < -0.3 is 4.57 Å². The summed E-state index contributed by atoms with van der Waals surface area (Å²) in [6.07, 6.45) is 15.2. The Bertz CT molecular complexity index is 1280. The number of rotatable bonds is 3. The summed E-state index contributed by atoms with van der Waals surface area (Å²) in [5.74, 6) is 1.99. The van der Waals surface area contributed by atoms with Crippen LogP contribution in [0.1, 0.15) is 58.8 Å². The third kappa shape index (κ3) is 3.28. The Morgan fingerprint density at radius 2 is 1.82 bits per heavy atom. The number of nitrogens with zero attached hydrogens (tertiary/aromatic N) is 2. The van der Waals surface area contributed by atoms with E-state index in [1.807, 2.05) is 6.33 Å². The number of benzene rings is 1. The van der Waals surface area contributed by atoms with Gasteiger partial charge in [0.2, 0.25) is 0 Å². The van der Waals surface area contributed by atoms with Gasteiger partial charge in [-0.25, -0.2) is 4.98 Å². The van der Waals surface area contributed by atoms with Gasteiger partial charge in [0.25, 0.3) is 10.1 Å². The molecule has 0 saturated heterocycles. The first-order valence-corrected chi connectivity index (χ1v) is 14.2. The molecule has 5 nitrogen and oxygen atoms in total. The molecule has 2 saturated carbocycles. The van der Waals surface area contributed by atoms with Gasteiger partial charge in [-0.15, -0.1) is 0 Å². The molecule has 6 heteroatoms. The van der Waals surface area contributed by atoms with Gasteiger partial charge in [-0.3, -0.25) is 4.18 Å². The lowest BCUT2D eigenvalue weighted by atomic mass is 9.48. The summed E-state index contributed by atoms with van der Waals surface area (Å²) >= 11 is 0. The van der Waals surface area contributed by atoms with E-state index < -0.39 is 10.1 Å². The van der Waals surface area contributed by atoms with Gasteiger partial charge in [0, 0.05) is 11.1 Å². The summed E-state index contributed by atoms with van der Waals surface area (Å²) in [6, 6.07) is 8.43. The van der Waals surface area contributed by atoms with Crippen LogP contribution in [0.4, 0.5) is 0 Å². The summed E-state index contributed by atoms with van der Waals surface area (Å²) in [4.78, 5) is 4.67. The number of imidazole rings is 1. The third-order valence-corrected chi connectivity index (χ3v) is 10.2. The zero-order valence-corrected chi connectivity index (χ0v) is 20.6. The van der Waals surface area contributed by atoms with Crippen LogP contribution < -0.4 is 0 Å². The van der Waals surface area contributed by atoms with E-state index in [2.05, 4.69) is 59.8 Å². The van der Waals surface area contributed by atoms with Gasteiger partial charge in [0.15, 0.2) is 0 Å². The van der Waals surface area contributed by atoms with Gasteiger partial charge in [0.1, 0.15) is 6.33 Å². The number of para-hydroxylation sites is 2. The minimum absolute atomic E-state index is 0.170. The van der Waals surface area contributed by atoms with E-state index in [1.54, 1.807) is 0 Å². The Hall–Kier alpha value is -1.92. The van der Waals surface area contributed by atoms with Crippen molar-refractivity contribution in [3.63, 3.8) is 0 Å². The maximum atomic E-state index is 11.7. The van der Waals surface area contributed by atoms with Crippen LogP contribution in [0.3, 0.4) is 0 Å². The molecule has 4 unspecified atom stereocenters. The van der Waals surface area contributed by atoms with Crippen molar-refractivity contribution in [3.05, 3.63) is 48.3 Å². The molecular weight excluding hydrogens is 432 g/mol. The number of fused-ring (bicyclic) bond motifs is 6. The molecule has 2 aromatic rings. The van der Waals surface area contributed by atoms with Crippen LogP contribution >= 0.6 is 0 Å². The number of aromatic nitrogens is 2. The van der Waals surface area contributed by atoms with Crippen molar-refractivity contribution in [2.75, 3.05) is 6.26 Å². The summed E-state index contributed by atoms with van der Waals surface area (Å²) in [6.45, 7) is 4.93. The molecule has 0 bridgehead atoms. The molecule has 0 aliphatic heterocycles. The number of hydrogen-bond donors (Lipinski definition) is 0. The first-order valence-electron chi connectivity index (χ1n) is 12.4. The molecule has 4 aliphatic rings. The van der Waals surface area contributed by atoms with Crippen molar-refractivity contribution in [1.29, 1.82) is 0 Å². The highest BCUT2D eigenvalue weighted by Gasteiger charge is 2.57. The van der Waals surface area contributed by atoms with Crippen molar-refractivity contribution in [2.24, 2.45) is 28.6 Å². The topological polar surface area (TPSA) is 61.2 Å². The molecule has 176 valence electrons. The summed E-state index contributed by atoms with van der Waals surface area (Å²) in [5, 5.41) is 0. The highest BCUT2D eigenvalue weighted by Crippen LogP contribution is 2.65. The van der Waals surface area contributed by atoms with Crippen molar-refractivity contribution in [1.82, 2.24) is 9.55 Å². The average molecular weight is 467 g/mol. The molecule has 33 heavy (non-hydrogen) atoms. The second-order valence-corrected chi connectivity index (χ2v) is 12.9. The SMILES string of the molecule is C[C@]12CCC(OS(C)(=O)=O)CC1=CCC1C2CC[C@]2(C)C(n3cnc4ccccc43)=CCC12. The molecule has 0 N–H and O–H groups in total. The van der Waals surface area contributed by atoms with Crippen LogP contribution in [0.2, 0.25) is 0 Å². The monoisotopic (exact) mass is 466 g/mol. The largest absolute Gasteiger partial charge is 0.302 e. The molecule has 0 amide bonds. The van der Waals surface area contributed by atoms with Gasteiger partial charge in [-0.1, -0.05) is 43.7 Å². The molecule has 6 rings (SSSR count). The quantitative estimate of drug-likeness (QED) is 0.424. The van der Waals surface area contributed by atoms with Crippen LogP contribution in [0.15, 0.2) is 48.3 Å². The normalized spacial score (nSPS) is 38.3. The summed E-state index contributed by atoms with van der Waals surface area (Å²) in [5.41, 5.74) is 5.48. The summed E-state index contributed by atoms with van der Waals surface area (Å²) < 4.78 is 31.1. The maximum absolute atomic E-state index is 11.7. The number of allylic oxidation sites excluding steroid dienone is 3. The minimum Gasteiger partial charge on any atom is -0.302 e. The maximum Gasteiger partial charge on any atom is 0.264 e. The molecule has 1 heterocycles. The second kappa shape index (κ2) is 7.29. The van der Waals surface area contributed by atoms with Gasteiger partial charge in [-0.2, -0.15) is 8.42 Å². The van der Waals surface area contributed by atoms with Gasteiger partial charge in [0.05, 0.1) is 23.4 Å². The van der Waals surface area contributed by atoms with Gasteiger partial charge in [-0.05, 0) is 80.2 Å². The fourth-order valence-electron chi connectivity index (χ4n) is 8.03. The zero-order valence-electron chi connectivity index (χ0n) is 19.8. The standard InChI is InChI=1S/C27H34N2O3S/c1-26-14-12-19(32-33(3,30)31)16-18(26)8-9-20-21-10-11-25(27(21,2)15-13-22(20)26)29-17-28-23-6-4-5-7-24(23)29/h4-8,11,17,19-22H,9-10,12-16H2,1-3H3/t19?,20?,21?,22?,26-,27-/m0/s1. The van der Waals surface area contributed by atoms with Crippen molar-refractivity contribution in [2.45, 2.75) is 64.9 Å². The van der Waals surface area contributed by atoms with E-state index >= 15 is 0 Å². The zero-order chi connectivity index (χ0) is 23.0. The van der Waals surface area contributed by atoms with E-state index in [9.17, 15) is 8.42 Å². The molecular formula is C27H34N2O3S. The van der Waals surface area contributed by atoms with E-state index in [4.69, 9.17) is 4.18 Å². The predicted molar refractivity (Wildman–Crippen MR) is 131 cm³/mol. The second-order valence-electron chi connectivity index (χ2n) is 11.3. The van der Waals surface area contributed by atoms with E-state index in [-0.39, 0.29) is 16.9 Å². The lowest BCUT2D eigenvalue weighted by Crippen LogP contribution is -2.50. The highest BCUT2D eigenvalue weighted by molar-refractivity contribution is 7.86. The van der Waals surface area contributed by atoms with Crippen molar-refractivity contribution < 1.29 is 12.6 Å². The average Bonchev–Trinajstić information content (AvgIpc) is 3.33. The lowest BCUT2D eigenvalue weighted by Gasteiger charge is -2.57. The molecule has 6 atom stereocenters.